The van der Waals surface area contributed by atoms with Gasteiger partial charge in [-0.2, -0.15) is 4.98 Å². The van der Waals surface area contributed by atoms with Crippen LogP contribution in [0.3, 0.4) is 0 Å². The molecule has 0 spiro atoms. The third-order valence-electron chi connectivity index (χ3n) is 5.60. The van der Waals surface area contributed by atoms with Gasteiger partial charge in [0.2, 0.25) is 0 Å². The topological polar surface area (TPSA) is 153 Å². The number of aromatic carboxylic acids is 1. The normalized spacial score (nSPS) is 11.1. The lowest BCUT2D eigenvalue weighted by Crippen LogP contribution is -2.48. The van der Waals surface area contributed by atoms with Gasteiger partial charge in [-0.1, -0.05) is 24.3 Å². The molecule has 0 fully saturated rings. The molecule has 196 valence electrons. The number of oxazole rings is 1. The number of amides is 2. The molecule has 4 aromatic rings. The minimum atomic E-state index is -1.16. The SMILES string of the molecule is COc1ncc(-c2cccc(NC(=O)C(=O)NC(C)(C)CCOc3cc(C(=O)O)nc4ccccc34)c2)o1. The lowest BCUT2D eigenvalue weighted by Gasteiger charge is -2.26. The van der Waals surface area contributed by atoms with Crippen LogP contribution in [0.2, 0.25) is 0 Å². The molecule has 0 aliphatic rings. The average Bonchev–Trinajstić information content (AvgIpc) is 3.38. The quantitative estimate of drug-likeness (QED) is 0.280. The molecule has 0 unspecified atom stereocenters. The van der Waals surface area contributed by atoms with Gasteiger partial charge in [0.05, 0.1) is 25.4 Å². The maximum atomic E-state index is 12.6. The number of carboxylic acids is 1. The summed E-state index contributed by atoms with van der Waals surface area (Å²) in [7, 11) is 1.44. The molecule has 11 heteroatoms. The number of hydrogen-bond acceptors (Lipinski definition) is 8. The molecule has 0 saturated heterocycles. The van der Waals surface area contributed by atoms with Crippen LogP contribution in [-0.4, -0.2) is 52.1 Å². The van der Waals surface area contributed by atoms with Crippen molar-refractivity contribution in [3.05, 3.63) is 66.5 Å². The zero-order valence-corrected chi connectivity index (χ0v) is 21.0. The van der Waals surface area contributed by atoms with E-state index < -0.39 is 23.3 Å². The van der Waals surface area contributed by atoms with Gasteiger partial charge in [0.1, 0.15) is 5.75 Å². The molecule has 11 nitrogen and oxygen atoms in total. The average molecular weight is 519 g/mol. The number of ether oxygens (including phenoxy) is 2. The van der Waals surface area contributed by atoms with E-state index in [1.807, 2.05) is 0 Å². The second kappa shape index (κ2) is 11.0. The van der Waals surface area contributed by atoms with E-state index in [1.54, 1.807) is 62.4 Å². The number of nitrogens with zero attached hydrogens (tertiary/aromatic N) is 2. The van der Waals surface area contributed by atoms with Gasteiger partial charge in [-0.15, -0.1) is 0 Å². The Morgan fingerprint density at radius 1 is 1.05 bits per heavy atom. The van der Waals surface area contributed by atoms with Crippen molar-refractivity contribution in [1.29, 1.82) is 0 Å². The number of carboxylic acid groups (broad SMARTS) is 1. The Bertz CT molecular complexity index is 1500. The zero-order valence-electron chi connectivity index (χ0n) is 21.0. The van der Waals surface area contributed by atoms with Gasteiger partial charge in [-0.25, -0.2) is 9.78 Å². The van der Waals surface area contributed by atoms with E-state index in [2.05, 4.69) is 20.6 Å². The van der Waals surface area contributed by atoms with E-state index >= 15 is 0 Å². The van der Waals surface area contributed by atoms with Gasteiger partial charge < -0.3 is 29.6 Å². The van der Waals surface area contributed by atoms with Gasteiger partial charge in [-0.3, -0.25) is 9.59 Å². The third kappa shape index (κ3) is 6.25. The molecular formula is C27H26N4O7. The highest BCUT2D eigenvalue weighted by Gasteiger charge is 2.25. The number of benzene rings is 2. The van der Waals surface area contributed by atoms with Crippen molar-refractivity contribution in [2.24, 2.45) is 0 Å². The second-order valence-corrected chi connectivity index (χ2v) is 8.99. The van der Waals surface area contributed by atoms with Crippen LogP contribution in [0.5, 0.6) is 11.8 Å². The molecule has 0 saturated carbocycles. The molecule has 2 aromatic carbocycles. The van der Waals surface area contributed by atoms with Crippen LogP contribution in [0.15, 0.2) is 65.2 Å². The third-order valence-corrected chi connectivity index (χ3v) is 5.60. The Morgan fingerprint density at radius 3 is 2.58 bits per heavy atom. The summed E-state index contributed by atoms with van der Waals surface area (Å²) in [6, 6.07) is 15.2. The van der Waals surface area contributed by atoms with Crippen molar-refractivity contribution >= 4 is 34.4 Å². The maximum absolute atomic E-state index is 12.6. The Morgan fingerprint density at radius 2 is 1.84 bits per heavy atom. The van der Waals surface area contributed by atoms with Crippen LogP contribution in [-0.2, 0) is 9.59 Å². The number of methoxy groups -OCH3 is 1. The lowest BCUT2D eigenvalue weighted by molar-refractivity contribution is -0.137. The minimum Gasteiger partial charge on any atom is -0.493 e. The fourth-order valence-electron chi connectivity index (χ4n) is 3.64. The van der Waals surface area contributed by atoms with Crippen molar-refractivity contribution in [1.82, 2.24) is 15.3 Å². The molecule has 0 bridgehead atoms. The van der Waals surface area contributed by atoms with Crippen LogP contribution >= 0.6 is 0 Å². The molecule has 3 N–H and O–H groups in total. The summed E-state index contributed by atoms with van der Waals surface area (Å²) >= 11 is 0. The summed E-state index contributed by atoms with van der Waals surface area (Å²) in [5.41, 5.74) is 0.613. The van der Waals surface area contributed by atoms with Gasteiger partial charge >= 0.3 is 23.9 Å². The molecule has 0 atom stereocenters. The Kier molecular flexibility index (Phi) is 7.56. The standard InChI is InChI=1S/C27H26N4O7/c1-27(2,11-12-37-21-14-20(25(34)35)30-19-10-5-4-9-18(19)21)31-24(33)23(32)29-17-8-6-7-16(13-17)22-15-28-26(36-3)38-22/h4-10,13-15H,11-12H2,1-3H3,(H,29,32)(H,31,33)(H,34,35). The Labute approximate surface area is 217 Å². The first-order chi connectivity index (χ1) is 18.1. The van der Waals surface area contributed by atoms with Crippen LogP contribution < -0.4 is 20.1 Å². The van der Waals surface area contributed by atoms with Gasteiger partial charge in [0.15, 0.2) is 11.5 Å². The molecule has 0 aliphatic heterocycles. The number of hydrogen-bond donors (Lipinski definition) is 3. The van der Waals surface area contributed by atoms with Crippen LogP contribution in [0.4, 0.5) is 5.69 Å². The van der Waals surface area contributed by atoms with Gasteiger partial charge in [0, 0.05) is 34.7 Å². The summed E-state index contributed by atoms with van der Waals surface area (Å²) in [5, 5.41) is 15.3. The largest absolute Gasteiger partial charge is 0.493 e. The van der Waals surface area contributed by atoms with Crippen molar-refractivity contribution in [3.63, 3.8) is 0 Å². The lowest BCUT2D eigenvalue weighted by atomic mass is 10.0. The van der Waals surface area contributed by atoms with E-state index in [1.165, 1.54) is 19.4 Å². The predicted octanol–water partition coefficient (Wildman–Crippen LogP) is 3.90. The molecule has 0 radical (unpaired) electrons. The molecule has 38 heavy (non-hydrogen) atoms. The van der Waals surface area contributed by atoms with E-state index in [0.717, 1.165) is 0 Å². The first-order valence-corrected chi connectivity index (χ1v) is 11.6. The first kappa shape index (κ1) is 26.1. The number of rotatable bonds is 9. The Balaban J connectivity index is 1.35. The van der Waals surface area contributed by atoms with Crippen molar-refractivity contribution in [2.75, 3.05) is 19.0 Å². The zero-order chi connectivity index (χ0) is 27.3. The highest BCUT2D eigenvalue weighted by molar-refractivity contribution is 6.39. The van der Waals surface area contributed by atoms with Crippen molar-refractivity contribution in [3.8, 4) is 23.1 Å². The molecule has 0 aliphatic carbocycles. The van der Waals surface area contributed by atoms with Crippen LogP contribution in [0, 0.1) is 0 Å². The van der Waals surface area contributed by atoms with Gasteiger partial charge in [0.25, 0.3) is 0 Å². The number of anilines is 1. The van der Waals surface area contributed by atoms with E-state index in [0.29, 0.717) is 40.1 Å². The smallest absolute Gasteiger partial charge is 0.393 e. The summed E-state index contributed by atoms with van der Waals surface area (Å²) < 4.78 is 16.2. The van der Waals surface area contributed by atoms with Crippen molar-refractivity contribution < 1.29 is 33.4 Å². The van der Waals surface area contributed by atoms with Crippen LogP contribution in [0.1, 0.15) is 30.8 Å². The fourth-order valence-corrected chi connectivity index (χ4v) is 3.64. The number of pyridine rings is 1. The monoisotopic (exact) mass is 518 g/mol. The van der Waals surface area contributed by atoms with E-state index in [-0.39, 0.29) is 18.4 Å². The first-order valence-electron chi connectivity index (χ1n) is 11.6. The summed E-state index contributed by atoms with van der Waals surface area (Å²) in [6.45, 7) is 3.67. The maximum Gasteiger partial charge on any atom is 0.393 e. The van der Waals surface area contributed by atoms with Crippen molar-refractivity contribution in [2.45, 2.75) is 25.8 Å². The number of nitrogens with one attached hydrogen (secondary N) is 2. The molecule has 2 aromatic heterocycles. The minimum absolute atomic E-state index is 0.111. The predicted molar refractivity (Wildman–Crippen MR) is 138 cm³/mol. The second-order valence-electron chi connectivity index (χ2n) is 8.99. The number of carbonyl (C=O) groups is 3. The number of carbonyl (C=O) groups excluding carboxylic acids is 2. The van der Waals surface area contributed by atoms with E-state index in [4.69, 9.17) is 13.9 Å². The molecule has 4 rings (SSSR count). The van der Waals surface area contributed by atoms with Gasteiger partial charge in [-0.05, 0) is 38.1 Å². The fraction of sp³-hybridized carbons (Fsp3) is 0.222. The Hall–Kier alpha value is -4.93. The molecule has 2 amide bonds. The summed E-state index contributed by atoms with van der Waals surface area (Å²) in [5.74, 6) is -2.00. The summed E-state index contributed by atoms with van der Waals surface area (Å²) in [6.07, 6.45) is 1.95. The molecular weight excluding hydrogens is 492 g/mol. The van der Waals surface area contributed by atoms with Crippen LogP contribution in [0.25, 0.3) is 22.2 Å². The number of fused-ring (bicyclic) bond motifs is 1. The number of para-hydroxylation sites is 1. The van der Waals surface area contributed by atoms with E-state index in [9.17, 15) is 19.5 Å². The number of aromatic nitrogens is 2. The summed E-state index contributed by atoms with van der Waals surface area (Å²) in [4.78, 5) is 44.7. The molecule has 2 heterocycles. The highest BCUT2D eigenvalue weighted by atomic mass is 16.6. The highest BCUT2D eigenvalue weighted by Crippen LogP contribution is 2.27.